The lowest BCUT2D eigenvalue weighted by Gasteiger charge is -2.38. The second-order valence-corrected chi connectivity index (χ2v) is 8.20. The van der Waals surface area contributed by atoms with Gasteiger partial charge in [-0.25, -0.2) is 0 Å². The van der Waals surface area contributed by atoms with Crippen molar-refractivity contribution in [2.75, 3.05) is 25.6 Å². The molecule has 176 valence electrons. The number of β-amino-alcohol motifs (C(OH)–C–C–N with tert-alkyl or cyclic N) is 1. The number of Topliss-reactive ketones (excluding diaryl/α,β-unsaturated/α-hetero) is 1. The number of methoxy groups -OCH3 is 1. The van der Waals surface area contributed by atoms with Crippen LogP contribution >= 0.6 is 0 Å². The number of nitrogens with one attached hydrogen (secondary N) is 1. The molecule has 0 spiro atoms. The van der Waals surface area contributed by atoms with Crippen molar-refractivity contribution in [3.63, 3.8) is 0 Å². The van der Waals surface area contributed by atoms with E-state index in [9.17, 15) is 14.7 Å². The van der Waals surface area contributed by atoms with Crippen LogP contribution in [0.3, 0.4) is 0 Å². The molecule has 2 N–H and O–H groups in total. The molecule has 1 aliphatic heterocycles. The van der Waals surface area contributed by atoms with E-state index < -0.39 is 6.17 Å². The predicted octanol–water partition coefficient (Wildman–Crippen LogP) is 3.96. The second kappa shape index (κ2) is 10.4. The number of aliphatic hydroxyl groups is 1. The number of aliphatic hydroxyl groups excluding tert-OH is 1. The number of benzene rings is 3. The van der Waals surface area contributed by atoms with Gasteiger partial charge in [-0.3, -0.25) is 9.59 Å². The molecule has 1 unspecified atom stereocenters. The Hall–Kier alpha value is -3.84. The smallest absolute Gasteiger partial charge is 0.257 e. The van der Waals surface area contributed by atoms with Crippen LogP contribution in [0, 0.1) is 0 Å². The van der Waals surface area contributed by atoms with Crippen molar-refractivity contribution in [3.8, 4) is 11.5 Å². The van der Waals surface area contributed by atoms with Crippen molar-refractivity contribution in [2.45, 2.75) is 26.1 Å². The molecule has 1 heterocycles. The molecule has 0 saturated carbocycles. The number of ketones is 1. The lowest BCUT2D eigenvalue weighted by molar-refractivity contribution is -0.116. The number of carbonyl (C=O) groups excluding carboxylic acids is 2. The number of nitrogens with zero attached hydrogens (tertiary/aromatic N) is 1. The van der Waals surface area contributed by atoms with Crippen molar-refractivity contribution >= 4 is 17.4 Å². The van der Waals surface area contributed by atoms with Crippen LogP contribution in [0.1, 0.15) is 40.1 Å². The first kappa shape index (κ1) is 23.3. The summed E-state index contributed by atoms with van der Waals surface area (Å²) in [6.07, 6.45) is -0.0402. The first-order valence-electron chi connectivity index (χ1n) is 11.2. The minimum absolute atomic E-state index is 0.114. The molecule has 0 bridgehead atoms. The minimum Gasteiger partial charge on any atom is -0.496 e. The maximum Gasteiger partial charge on any atom is 0.257 e. The third-order valence-corrected chi connectivity index (χ3v) is 5.75. The van der Waals surface area contributed by atoms with E-state index in [2.05, 4.69) is 5.32 Å². The van der Waals surface area contributed by atoms with Gasteiger partial charge in [-0.1, -0.05) is 30.3 Å². The van der Waals surface area contributed by atoms with Gasteiger partial charge in [-0.15, -0.1) is 0 Å². The molecule has 3 aromatic carbocycles. The van der Waals surface area contributed by atoms with Crippen molar-refractivity contribution in [3.05, 3.63) is 89.0 Å². The Morgan fingerprint density at radius 1 is 1.09 bits per heavy atom. The summed E-state index contributed by atoms with van der Waals surface area (Å²) < 4.78 is 11.5. The molecule has 1 amide bonds. The average molecular weight is 461 g/mol. The summed E-state index contributed by atoms with van der Waals surface area (Å²) in [6, 6.07) is 20.5. The Kier molecular flexibility index (Phi) is 7.13. The van der Waals surface area contributed by atoms with Crippen LogP contribution in [0.2, 0.25) is 0 Å². The van der Waals surface area contributed by atoms with Gasteiger partial charge in [0, 0.05) is 24.2 Å². The summed E-state index contributed by atoms with van der Waals surface area (Å²) in [6.45, 7) is 1.90. The molecule has 7 heteroatoms. The molecule has 1 atom stereocenters. The van der Waals surface area contributed by atoms with Crippen LogP contribution in [0.15, 0.2) is 66.7 Å². The number of carbonyl (C=O) groups is 2. The van der Waals surface area contributed by atoms with Gasteiger partial charge in [-0.2, -0.15) is 0 Å². The summed E-state index contributed by atoms with van der Waals surface area (Å²) in [5, 5.41) is 13.0. The average Bonchev–Trinajstić information content (AvgIpc) is 2.85. The number of amides is 1. The zero-order valence-corrected chi connectivity index (χ0v) is 19.3. The Balaban J connectivity index is 1.58. The van der Waals surface area contributed by atoms with Gasteiger partial charge in [0.1, 0.15) is 30.1 Å². The second-order valence-electron chi connectivity index (χ2n) is 8.20. The van der Waals surface area contributed by atoms with Gasteiger partial charge in [0.25, 0.3) is 5.91 Å². The van der Waals surface area contributed by atoms with E-state index >= 15 is 0 Å². The van der Waals surface area contributed by atoms with Crippen LogP contribution in [-0.2, 0) is 17.8 Å². The quantitative estimate of drug-likeness (QED) is 0.503. The normalized spacial score (nSPS) is 14.9. The zero-order chi connectivity index (χ0) is 24.1. The number of hydrogen-bond donors (Lipinski definition) is 2. The van der Waals surface area contributed by atoms with Crippen molar-refractivity contribution in [1.82, 2.24) is 4.90 Å². The molecule has 3 aromatic rings. The predicted molar refractivity (Wildman–Crippen MR) is 129 cm³/mol. The number of fused-ring (bicyclic) bond motifs is 1. The molecule has 0 fully saturated rings. The van der Waals surface area contributed by atoms with Gasteiger partial charge in [0.15, 0.2) is 0 Å². The fourth-order valence-corrected chi connectivity index (χ4v) is 4.13. The highest BCUT2D eigenvalue weighted by Gasteiger charge is 2.32. The summed E-state index contributed by atoms with van der Waals surface area (Å²) in [7, 11) is 1.60. The van der Waals surface area contributed by atoms with E-state index in [0.717, 1.165) is 22.4 Å². The molecule has 1 aliphatic rings. The summed E-state index contributed by atoms with van der Waals surface area (Å²) >= 11 is 0. The third-order valence-electron chi connectivity index (χ3n) is 5.75. The first-order valence-corrected chi connectivity index (χ1v) is 11.2. The fourth-order valence-electron chi connectivity index (χ4n) is 4.13. The van der Waals surface area contributed by atoms with Crippen LogP contribution in [-0.4, -0.2) is 42.0 Å². The molecular weight excluding hydrogens is 432 g/mol. The van der Waals surface area contributed by atoms with Gasteiger partial charge < -0.3 is 24.8 Å². The molecular formula is C27H28N2O5. The Bertz CT molecular complexity index is 1180. The van der Waals surface area contributed by atoms with Crippen LogP contribution in [0.4, 0.5) is 5.69 Å². The number of ether oxygens (including phenoxy) is 2. The van der Waals surface area contributed by atoms with E-state index in [1.807, 2.05) is 60.7 Å². The highest BCUT2D eigenvalue weighted by molar-refractivity contribution is 6.01. The number of para-hydroxylation sites is 1. The molecule has 4 rings (SSSR count). The van der Waals surface area contributed by atoms with Crippen molar-refractivity contribution < 1.29 is 24.2 Å². The number of rotatable bonds is 9. The molecule has 7 nitrogen and oxygen atoms in total. The lowest BCUT2D eigenvalue weighted by atomic mass is 10.0. The zero-order valence-electron chi connectivity index (χ0n) is 19.3. The first-order chi connectivity index (χ1) is 16.5. The molecule has 0 aliphatic carbocycles. The maximum atomic E-state index is 13.1. The third kappa shape index (κ3) is 5.05. The Labute approximate surface area is 198 Å². The minimum atomic E-state index is -0.440. The summed E-state index contributed by atoms with van der Waals surface area (Å²) in [5.41, 5.74) is 3.96. The van der Waals surface area contributed by atoms with E-state index in [1.165, 1.54) is 0 Å². The topological polar surface area (TPSA) is 88.1 Å². The van der Waals surface area contributed by atoms with Gasteiger partial charge >= 0.3 is 0 Å². The number of anilines is 1. The highest BCUT2D eigenvalue weighted by atomic mass is 16.5. The van der Waals surface area contributed by atoms with E-state index in [4.69, 9.17) is 9.47 Å². The number of hydrogen-bond acceptors (Lipinski definition) is 6. The van der Waals surface area contributed by atoms with E-state index in [1.54, 1.807) is 25.0 Å². The van der Waals surface area contributed by atoms with Crippen LogP contribution in [0.5, 0.6) is 11.5 Å². The SMILES string of the molecule is COc1ccc(C2Nc3ccccc3C(=O)N2CCO)cc1COc1ccc(CC(C)=O)cc1. The standard InChI is InChI=1S/C27H28N2O5/c1-18(31)15-19-7-10-22(11-8-19)34-17-21-16-20(9-12-25(21)33-2)26-28-24-6-4-3-5-23(24)27(32)29(26)13-14-30/h3-12,16,26,28,30H,13-15,17H2,1-2H3. The summed E-state index contributed by atoms with van der Waals surface area (Å²) in [4.78, 5) is 26.0. The van der Waals surface area contributed by atoms with Gasteiger partial charge in [-0.05, 0) is 54.4 Å². The van der Waals surface area contributed by atoms with Crippen molar-refractivity contribution in [2.24, 2.45) is 0 Å². The largest absolute Gasteiger partial charge is 0.496 e. The Morgan fingerprint density at radius 3 is 2.56 bits per heavy atom. The molecule has 34 heavy (non-hydrogen) atoms. The maximum absolute atomic E-state index is 13.1. The lowest BCUT2D eigenvalue weighted by Crippen LogP contribution is -2.44. The highest BCUT2D eigenvalue weighted by Crippen LogP contribution is 2.34. The van der Waals surface area contributed by atoms with E-state index in [-0.39, 0.29) is 31.4 Å². The fraction of sp³-hybridized carbons (Fsp3) is 0.259. The Morgan fingerprint density at radius 2 is 1.85 bits per heavy atom. The van der Waals surface area contributed by atoms with Gasteiger partial charge in [0.2, 0.25) is 0 Å². The molecule has 0 aromatic heterocycles. The molecule has 0 saturated heterocycles. The monoisotopic (exact) mass is 460 g/mol. The van der Waals surface area contributed by atoms with Crippen molar-refractivity contribution in [1.29, 1.82) is 0 Å². The summed E-state index contributed by atoms with van der Waals surface area (Å²) in [5.74, 6) is 1.34. The van der Waals surface area contributed by atoms with Gasteiger partial charge in [0.05, 0.1) is 19.3 Å². The van der Waals surface area contributed by atoms with Crippen LogP contribution in [0.25, 0.3) is 0 Å². The van der Waals surface area contributed by atoms with E-state index in [0.29, 0.717) is 23.5 Å². The van der Waals surface area contributed by atoms with Crippen LogP contribution < -0.4 is 14.8 Å². The molecule has 0 radical (unpaired) electrons.